The molecule has 0 aliphatic heterocycles. The minimum atomic E-state index is -4.35. The van der Waals surface area contributed by atoms with E-state index in [0.29, 0.717) is 17.4 Å². The lowest BCUT2D eigenvalue weighted by Crippen LogP contribution is -2.45. The van der Waals surface area contributed by atoms with Crippen molar-refractivity contribution in [3.63, 3.8) is 0 Å². The van der Waals surface area contributed by atoms with E-state index in [2.05, 4.69) is 43.5 Å². The van der Waals surface area contributed by atoms with Crippen LogP contribution in [-0.2, 0) is 18.4 Å². The van der Waals surface area contributed by atoms with Gasteiger partial charge in [0.15, 0.2) is 0 Å². The second-order valence-corrected chi connectivity index (χ2v) is 26.4. The van der Waals surface area contributed by atoms with Crippen LogP contribution in [0.1, 0.15) is 348 Å². The summed E-state index contributed by atoms with van der Waals surface area (Å²) in [4.78, 5) is 23.4. The normalized spacial score (nSPS) is 13.9. The fraction of sp³-hybridized carbons (Fsp3) is 0.899. The van der Waals surface area contributed by atoms with E-state index in [0.717, 1.165) is 38.5 Å². The standard InChI is InChI=1S/C69H135N2O6P/c1-6-8-10-12-14-16-18-20-22-24-26-28-30-32-33-34-35-36-37-39-41-43-45-47-49-51-53-55-57-59-61-63-69(73)70-67(66-77-78(74,75)76-65-64-71(3,4)5)68(72)62-60-58-56-54-52-50-48-46-44-42-40-38-31-29-27-25-23-21-19-17-15-13-11-9-7-2/h18,20,24,26,60,62,67-68,72H,6-17,19,21-23,25,27-59,61,63-66H2,1-5H3,(H-,70,73,74,75)/p+1/b20-18-,26-24-,62-60+. The maximum absolute atomic E-state index is 13.0. The predicted octanol–water partition coefficient (Wildman–Crippen LogP) is 21.7. The van der Waals surface area contributed by atoms with Crippen LogP contribution in [0, 0.1) is 0 Å². The van der Waals surface area contributed by atoms with Gasteiger partial charge in [0.05, 0.1) is 39.9 Å². The van der Waals surface area contributed by atoms with Crippen molar-refractivity contribution >= 4 is 13.7 Å². The summed E-state index contributed by atoms with van der Waals surface area (Å²) in [5.41, 5.74) is 0. The second kappa shape index (κ2) is 60.3. The van der Waals surface area contributed by atoms with Crippen LogP contribution >= 0.6 is 7.82 Å². The van der Waals surface area contributed by atoms with Crippen LogP contribution < -0.4 is 5.32 Å². The number of amides is 1. The van der Waals surface area contributed by atoms with E-state index >= 15 is 0 Å². The highest BCUT2D eigenvalue weighted by atomic mass is 31.2. The van der Waals surface area contributed by atoms with Gasteiger partial charge in [0.25, 0.3) is 0 Å². The van der Waals surface area contributed by atoms with Crippen molar-refractivity contribution in [2.45, 2.75) is 360 Å². The summed E-state index contributed by atoms with van der Waals surface area (Å²) in [6.45, 7) is 4.86. The quantitative estimate of drug-likeness (QED) is 0.0243. The Hall–Kier alpha value is -1.28. The minimum Gasteiger partial charge on any atom is -0.387 e. The summed E-state index contributed by atoms with van der Waals surface area (Å²) >= 11 is 0. The van der Waals surface area contributed by atoms with E-state index in [1.807, 2.05) is 27.2 Å². The highest BCUT2D eigenvalue weighted by Crippen LogP contribution is 2.43. The van der Waals surface area contributed by atoms with Crippen LogP contribution in [0.4, 0.5) is 0 Å². The number of carbonyl (C=O) groups excluding carboxylic acids is 1. The number of rotatable bonds is 64. The molecule has 0 aromatic rings. The Morgan fingerprint density at radius 3 is 1.05 bits per heavy atom. The van der Waals surface area contributed by atoms with Crippen molar-refractivity contribution < 1.29 is 32.9 Å². The SMILES string of the molecule is CCCCCCC/C=C\C/C=C\CCCCCCCCCCCCCCCCCCCCCC(=O)NC(COP(=O)(O)OCC[N+](C)(C)C)C(O)/C=C/CCCCCCCCCCCCCCCCCCCCCCCCC. The second-order valence-electron chi connectivity index (χ2n) is 24.9. The van der Waals surface area contributed by atoms with Crippen LogP contribution in [-0.4, -0.2) is 73.4 Å². The molecule has 0 rings (SSSR count). The topological polar surface area (TPSA) is 105 Å². The first-order chi connectivity index (χ1) is 38.0. The van der Waals surface area contributed by atoms with Crippen molar-refractivity contribution in [1.29, 1.82) is 0 Å². The highest BCUT2D eigenvalue weighted by Gasteiger charge is 2.28. The van der Waals surface area contributed by atoms with Crippen LogP contribution in [0.3, 0.4) is 0 Å². The Kier molecular flexibility index (Phi) is 59.3. The molecule has 3 N–H and O–H groups in total. The van der Waals surface area contributed by atoms with Crippen LogP contribution in [0.2, 0.25) is 0 Å². The molecule has 0 aromatic carbocycles. The number of unbranched alkanes of at least 4 members (excludes halogenated alkanes) is 47. The number of aliphatic hydroxyl groups excluding tert-OH is 1. The molecule has 0 bridgehead atoms. The van der Waals surface area contributed by atoms with Gasteiger partial charge in [0, 0.05) is 6.42 Å². The molecule has 0 heterocycles. The van der Waals surface area contributed by atoms with E-state index in [-0.39, 0.29) is 19.1 Å². The average molecular weight is 1120 g/mol. The molecular weight excluding hydrogens is 984 g/mol. The minimum absolute atomic E-state index is 0.0635. The van der Waals surface area contributed by atoms with Gasteiger partial charge in [-0.15, -0.1) is 0 Å². The molecule has 9 heteroatoms. The molecule has 462 valence electrons. The van der Waals surface area contributed by atoms with Gasteiger partial charge in [-0.05, 0) is 51.4 Å². The highest BCUT2D eigenvalue weighted by molar-refractivity contribution is 7.47. The number of allylic oxidation sites excluding steroid dienone is 5. The summed E-state index contributed by atoms with van der Waals surface area (Å²) in [5, 5.41) is 14.0. The fourth-order valence-electron chi connectivity index (χ4n) is 10.5. The molecule has 1 amide bonds. The third-order valence-electron chi connectivity index (χ3n) is 15.9. The molecule has 78 heavy (non-hydrogen) atoms. The zero-order valence-corrected chi connectivity index (χ0v) is 53.8. The lowest BCUT2D eigenvalue weighted by atomic mass is 10.0. The van der Waals surface area contributed by atoms with Crippen molar-refractivity contribution in [3.05, 3.63) is 36.5 Å². The van der Waals surface area contributed by atoms with E-state index in [9.17, 15) is 19.4 Å². The number of phosphoric ester groups is 1. The molecule has 0 aliphatic rings. The first-order valence-corrected chi connectivity index (χ1v) is 35.9. The molecule has 0 fully saturated rings. The van der Waals surface area contributed by atoms with Crippen molar-refractivity contribution in [3.8, 4) is 0 Å². The maximum Gasteiger partial charge on any atom is 0.472 e. The number of likely N-dealkylation sites (N-methyl/N-ethyl adjacent to an activating group) is 1. The Balaban J connectivity index is 4.05. The Labute approximate surface area is 487 Å². The molecule has 0 radical (unpaired) electrons. The Morgan fingerprint density at radius 2 is 0.731 bits per heavy atom. The molecule has 8 nitrogen and oxygen atoms in total. The number of hydrogen-bond donors (Lipinski definition) is 3. The molecule has 0 aliphatic carbocycles. The van der Waals surface area contributed by atoms with Gasteiger partial charge in [-0.3, -0.25) is 13.8 Å². The fourth-order valence-corrected chi connectivity index (χ4v) is 11.2. The number of aliphatic hydroxyl groups is 1. The van der Waals surface area contributed by atoms with Gasteiger partial charge < -0.3 is 19.8 Å². The van der Waals surface area contributed by atoms with Crippen molar-refractivity contribution in [1.82, 2.24) is 5.32 Å². The molecular formula is C69H136N2O6P+. The number of nitrogens with one attached hydrogen (secondary N) is 1. The van der Waals surface area contributed by atoms with E-state index < -0.39 is 20.0 Å². The molecule has 3 unspecified atom stereocenters. The van der Waals surface area contributed by atoms with E-state index in [4.69, 9.17) is 9.05 Å². The smallest absolute Gasteiger partial charge is 0.387 e. The van der Waals surface area contributed by atoms with E-state index in [1.165, 1.54) is 289 Å². The number of phosphoric acid groups is 1. The Bertz CT molecular complexity index is 1360. The number of hydrogen-bond acceptors (Lipinski definition) is 5. The first kappa shape index (κ1) is 76.7. The Morgan fingerprint density at radius 1 is 0.436 bits per heavy atom. The summed E-state index contributed by atoms with van der Waals surface area (Å²) in [6, 6.07) is -0.846. The third-order valence-corrected chi connectivity index (χ3v) is 16.8. The number of quaternary nitrogens is 1. The molecule has 0 aromatic heterocycles. The van der Waals surface area contributed by atoms with Crippen LogP contribution in [0.15, 0.2) is 36.5 Å². The average Bonchev–Trinajstić information content (AvgIpc) is 3.41. The van der Waals surface area contributed by atoms with Crippen molar-refractivity contribution in [2.75, 3.05) is 40.9 Å². The van der Waals surface area contributed by atoms with Gasteiger partial charge >= 0.3 is 7.82 Å². The molecule has 3 atom stereocenters. The van der Waals surface area contributed by atoms with Crippen LogP contribution in [0.25, 0.3) is 0 Å². The summed E-state index contributed by atoms with van der Waals surface area (Å²) in [7, 11) is 1.59. The zero-order valence-electron chi connectivity index (χ0n) is 52.9. The van der Waals surface area contributed by atoms with Gasteiger partial charge in [0.2, 0.25) is 5.91 Å². The van der Waals surface area contributed by atoms with Crippen LogP contribution in [0.5, 0.6) is 0 Å². The number of nitrogens with zero attached hydrogens (tertiary/aromatic N) is 1. The maximum atomic E-state index is 13.0. The molecule has 0 saturated carbocycles. The largest absolute Gasteiger partial charge is 0.472 e. The zero-order chi connectivity index (χ0) is 57.0. The van der Waals surface area contributed by atoms with Crippen molar-refractivity contribution in [2.24, 2.45) is 0 Å². The molecule has 0 spiro atoms. The van der Waals surface area contributed by atoms with Gasteiger partial charge in [-0.25, -0.2) is 4.57 Å². The van der Waals surface area contributed by atoms with Gasteiger partial charge in [0.1, 0.15) is 13.2 Å². The lowest BCUT2D eigenvalue weighted by molar-refractivity contribution is -0.870. The van der Waals surface area contributed by atoms with Gasteiger partial charge in [-0.1, -0.05) is 326 Å². The first-order valence-electron chi connectivity index (χ1n) is 34.4. The number of carbonyl (C=O) groups is 1. The summed E-state index contributed by atoms with van der Waals surface area (Å²) in [6.07, 6.45) is 80.0. The third kappa shape index (κ3) is 62.3. The molecule has 0 saturated heterocycles. The summed E-state index contributed by atoms with van der Waals surface area (Å²) < 4.78 is 23.8. The summed E-state index contributed by atoms with van der Waals surface area (Å²) in [5.74, 6) is -0.170. The monoisotopic (exact) mass is 1120 g/mol. The lowest BCUT2D eigenvalue weighted by Gasteiger charge is -2.25. The predicted molar refractivity (Wildman–Crippen MR) is 341 cm³/mol. The van der Waals surface area contributed by atoms with Gasteiger partial charge in [-0.2, -0.15) is 0 Å². The van der Waals surface area contributed by atoms with E-state index in [1.54, 1.807) is 6.08 Å².